The molecule has 0 aliphatic rings. The number of hydrogen-bond acceptors (Lipinski definition) is 3. The Morgan fingerprint density at radius 1 is 1.13 bits per heavy atom. The fraction of sp³-hybridized carbons (Fsp3) is 0.417. The molecule has 1 aromatic rings. The van der Waals surface area contributed by atoms with Crippen LogP contribution in [0.25, 0.3) is 0 Å². The number of nitrogens with zero attached hydrogens (tertiary/aromatic N) is 1. The molecule has 0 aromatic heterocycles. The van der Waals surface area contributed by atoms with Crippen LogP contribution in [0.5, 0.6) is 0 Å². The molecule has 3 nitrogen and oxygen atoms in total. The first kappa shape index (κ1) is 11.7. The van der Waals surface area contributed by atoms with Crippen LogP contribution in [0.3, 0.4) is 0 Å². The van der Waals surface area contributed by atoms with Gasteiger partial charge < -0.3 is 9.47 Å². The predicted molar refractivity (Wildman–Crippen MR) is 57.2 cm³/mol. The maximum atomic E-state index is 8.66. The van der Waals surface area contributed by atoms with E-state index in [0.717, 1.165) is 5.56 Å². The lowest BCUT2D eigenvalue weighted by Gasteiger charge is -2.16. The lowest BCUT2D eigenvalue weighted by atomic mass is 10.1. The molecule has 80 valence electrons. The van der Waals surface area contributed by atoms with E-state index in [1.165, 1.54) is 0 Å². The summed E-state index contributed by atoms with van der Waals surface area (Å²) in [7, 11) is 0. The van der Waals surface area contributed by atoms with Gasteiger partial charge in [-0.15, -0.1) is 0 Å². The maximum absolute atomic E-state index is 8.66. The van der Waals surface area contributed by atoms with Crippen molar-refractivity contribution in [3.8, 4) is 6.07 Å². The number of benzene rings is 1. The van der Waals surface area contributed by atoms with Crippen LogP contribution >= 0.6 is 0 Å². The van der Waals surface area contributed by atoms with E-state index in [1.54, 1.807) is 12.1 Å². The maximum Gasteiger partial charge on any atom is 0.183 e. The van der Waals surface area contributed by atoms with Crippen molar-refractivity contribution in [1.29, 1.82) is 5.26 Å². The number of rotatable bonds is 5. The van der Waals surface area contributed by atoms with Crippen LogP contribution in [0.1, 0.15) is 31.3 Å². The lowest BCUT2D eigenvalue weighted by Crippen LogP contribution is -2.08. The van der Waals surface area contributed by atoms with Crippen LogP contribution < -0.4 is 0 Å². The molecule has 0 saturated heterocycles. The Balaban J connectivity index is 2.77. The van der Waals surface area contributed by atoms with Gasteiger partial charge in [0.1, 0.15) is 0 Å². The third-order valence-electron chi connectivity index (χ3n) is 1.95. The second kappa shape index (κ2) is 6.18. The molecule has 0 atom stereocenters. The van der Waals surface area contributed by atoms with E-state index in [0.29, 0.717) is 18.8 Å². The fourth-order valence-electron chi connectivity index (χ4n) is 1.26. The Kier molecular flexibility index (Phi) is 4.82. The van der Waals surface area contributed by atoms with Gasteiger partial charge >= 0.3 is 0 Å². The largest absolute Gasteiger partial charge is 0.349 e. The summed E-state index contributed by atoms with van der Waals surface area (Å²) >= 11 is 0. The molecule has 0 amide bonds. The molecule has 0 bridgehead atoms. The van der Waals surface area contributed by atoms with Crippen LogP contribution in [0.15, 0.2) is 24.3 Å². The zero-order valence-corrected chi connectivity index (χ0v) is 9.06. The molecule has 0 spiro atoms. The van der Waals surface area contributed by atoms with Crippen molar-refractivity contribution in [2.45, 2.75) is 20.1 Å². The highest BCUT2D eigenvalue weighted by Crippen LogP contribution is 2.19. The molecular formula is C12H15NO2. The van der Waals surface area contributed by atoms with Gasteiger partial charge in [0.2, 0.25) is 0 Å². The zero-order valence-electron chi connectivity index (χ0n) is 9.06. The van der Waals surface area contributed by atoms with Gasteiger partial charge in [0.25, 0.3) is 0 Å². The molecule has 1 aromatic carbocycles. The van der Waals surface area contributed by atoms with Crippen molar-refractivity contribution in [2.75, 3.05) is 13.2 Å². The van der Waals surface area contributed by atoms with E-state index < -0.39 is 0 Å². The molecule has 15 heavy (non-hydrogen) atoms. The van der Waals surface area contributed by atoms with Gasteiger partial charge in [0.15, 0.2) is 6.29 Å². The van der Waals surface area contributed by atoms with Gasteiger partial charge in [-0.2, -0.15) is 5.26 Å². The molecule has 0 radical (unpaired) electrons. The second-order valence-corrected chi connectivity index (χ2v) is 2.98. The van der Waals surface area contributed by atoms with Crippen molar-refractivity contribution in [2.24, 2.45) is 0 Å². The third-order valence-corrected chi connectivity index (χ3v) is 1.95. The van der Waals surface area contributed by atoms with Crippen LogP contribution in [0, 0.1) is 11.3 Å². The molecule has 0 heterocycles. The highest BCUT2D eigenvalue weighted by Gasteiger charge is 2.10. The van der Waals surface area contributed by atoms with Gasteiger partial charge in [-0.1, -0.05) is 12.1 Å². The summed E-state index contributed by atoms with van der Waals surface area (Å²) in [5.74, 6) is 0. The molecule has 0 aliphatic heterocycles. The second-order valence-electron chi connectivity index (χ2n) is 2.98. The number of ether oxygens (including phenoxy) is 2. The Morgan fingerprint density at radius 3 is 2.07 bits per heavy atom. The third kappa shape index (κ3) is 3.35. The van der Waals surface area contributed by atoms with Crippen molar-refractivity contribution >= 4 is 0 Å². The molecule has 0 saturated carbocycles. The minimum atomic E-state index is -0.326. The van der Waals surface area contributed by atoms with Gasteiger partial charge in [-0.3, -0.25) is 0 Å². The van der Waals surface area contributed by atoms with Crippen LogP contribution in [0.4, 0.5) is 0 Å². The SMILES string of the molecule is CCOC(OCC)c1ccc(C#N)cc1. The fourth-order valence-corrected chi connectivity index (χ4v) is 1.26. The van der Waals surface area contributed by atoms with Crippen LogP contribution in [-0.2, 0) is 9.47 Å². The summed E-state index contributed by atoms with van der Waals surface area (Å²) in [6.07, 6.45) is -0.326. The normalized spacial score (nSPS) is 10.3. The molecule has 0 aliphatic carbocycles. The van der Waals surface area contributed by atoms with E-state index in [-0.39, 0.29) is 6.29 Å². The summed E-state index contributed by atoms with van der Waals surface area (Å²) < 4.78 is 10.9. The quantitative estimate of drug-likeness (QED) is 0.694. The molecule has 1 rings (SSSR count). The highest BCUT2D eigenvalue weighted by molar-refractivity contribution is 5.32. The molecular weight excluding hydrogens is 190 g/mol. The van der Waals surface area contributed by atoms with Crippen molar-refractivity contribution in [3.63, 3.8) is 0 Å². The van der Waals surface area contributed by atoms with Crippen molar-refractivity contribution < 1.29 is 9.47 Å². The first-order chi connectivity index (χ1) is 7.31. The Labute approximate surface area is 90.2 Å². The van der Waals surface area contributed by atoms with Gasteiger partial charge in [0.05, 0.1) is 11.6 Å². The predicted octanol–water partition coefficient (Wildman–Crippen LogP) is 2.63. The molecule has 0 unspecified atom stereocenters. The van der Waals surface area contributed by atoms with E-state index in [9.17, 15) is 0 Å². The summed E-state index contributed by atoms with van der Waals surface area (Å²) in [5, 5.41) is 8.66. The van der Waals surface area contributed by atoms with Crippen LogP contribution in [-0.4, -0.2) is 13.2 Å². The molecule has 0 N–H and O–H groups in total. The first-order valence-corrected chi connectivity index (χ1v) is 5.05. The zero-order chi connectivity index (χ0) is 11.1. The standard InChI is InChI=1S/C12H15NO2/c1-3-14-12(15-4-2)11-7-5-10(9-13)6-8-11/h5-8,12H,3-4H2,1-2H3. The minimum absolute atomic E-state index is 0.326. The minimum Gasteiger partial charge on any atom is -0.349 e. The lowest BCUT2D eigenvalue weighted by molar-refractivity contribution is -0.140. The van der Waals surface area contributed by atoms with E-state index in [2.05, 4.69) is 6.07 Å². The topological polar surface area (TPSA) is 42.2 Å². The van der Waals surface area contributed by atoms with Crippen molar-refractivity contribution in [3.05, 3.63) is 35.4 Å². The Hall–Kier alpha value is -1.37. The molecule has 0 fully saturated rings. The van der Waals surface area contributed by atoms with E-state index >= 15 is 0 Å². The monoisotopic (exact) mass is 205 g/mol. The summed E-state index contributed by atoms with van der Waals surface area (Å²) in [6, 6.07) is 9.32. The number of hydrogen-bond donors (Lipinski definition) is 0. The Bertz CT molecular complexity index is 320. The summed E-state index contributed by atoms with van der Waals surface area (Å²) in [4.78, 5) is 0. The average Bonchev–Trinajstić information content (AvgIpc) is 2.29. The van der Waals surface area contributed by atoms with Crippen LogP contribution in [0.2, 0.25) is 0 Å². The van der Waals surface area contributed by atoms with E-state index in [1.807, 2.05) is 26.0 Å². The van der Waals surface area contributed by atoms with Gasteiger partial charge in [-0.05, 0) is 26.0 Å². The summed E-state index contributed by atoms with van der Waals surface area (Å²) in [5.41, 5.74) is 1.59. The molecule has 3 heteroatoms. The smallest absolute Gasteiger partial charge is 0.183 e. The Morgan fingerprint density at radius 2 is 1.67 bits per heavy atom. The first-order valence-electron chi connectivity index (χ1n) is 5.05. The highest BCUT2D eigenvalue weighted by atomic mass is 16.7. The van der Waals surface area contributed by atoms with E-state index in [4.69, 9.17) is 14.7 Å². The van der Waals surface area contributed by atoms with Gasteiger partial charge in [0, 0.05) is 18.8 Å². The average molecular weight is 205 g/mol. The van der Waals surface area contributed by atoms with Crippen molar-refractivity contribution in [1.82, 2.24) is 0 Å². The summed E-state index contributed by atoms with van der Waals surface area (Å²) in [6.45, 7) is 5.06. The number of nitriles is 1. The van der Waals surface area contributed by atoms with Gasteiger partial charge in [-0.25, -0.2) is 0 Å².